The van der Waals surface area contributed by atoms with E-state index in [2.05, 4.69) is 16.7 Å². The second kappa shape index (κ2) is 11.5. The molecular formula is C25H27Cl2NO5S. The van der Waals surface area contributed by atoms with E-state index in [0.717, 1.165) is 5.56 Å². The number of esters is 1. The van der Waals surface area contributed by atoms with Crippen LogP contribution in [0, 0.1) is 11.8 Å². The van der Waals surface area contributed by atoms with Crippen molar-refractivity contribution in [2.24, 2.45) is 0 Å². The normalized spacial score (nSPS) is 15.8. The van der Waals surface area contributed by atoms with Gasteiger partial charge in [0.15, 0.2) is 14.6 Å². The lowest BCUT2D eigenvalue weighted by Gasteiger charge is -2.39. The van der Waals surface area contributed by atoms with Gasteiger partial charge in [-0.1, -0.05) is 35.2 Å². The van der Waals surface area contributed by atoms with Gasteiger partial charge in [-0.15, -0.1) is 5.92 Å². The Morgan fingerprint density at radius 1 is 1.09 bits per heavy atom. The number of carbonyl (C=O) groups excluding carboxylic acids is 1. The zero-order valence-electron chi connectivity index (χ0n) is 19.1. The van der Waals surface area contributed by atoms with Gasteiger partial charge >= 0.3 is 5.97 Å². The van der Waals surface area contributed by atoms with Crippen LogP contribution in [0.3, 0.4) is 0 Å². The molecule has 2 aromatic rings. The summed E-state index contributed by atoms with van der Waals surface area (Å²) in [7, 11) is -4.02. The van der Waals surface area contributed by atoms with Gasteiger partial charge in [0.1, 0.15) is 12.4 Å². The van der Waals surface area contributed by atoms with Crippen molar-refractivity contribution in [3.05, 3.63) is 58.1 Å². The second-order valence-electron chi connectivity index (χ2n) is 7.93. The van der Waals surface area contributed by atoms with E-state index >= 15 is 0 Å². The molecule has 0 unspecified atom stereocenters. The molecule has 1 saturated heterocycles. The second-order valence-corrected chi connectivity index (χ2v) is 11.0. The van der Waals surface area contributed by atoms with Crippen LogP contribution < -0.4 is 4.74 Å². The summed E-state index contributed by atoms with van der Waals surface area (Å²) in [5.74, 6) is 5.31. The van der Waals surface area contributed by atoms with Crippen molar-refractivity contribution in [3.63, 3.8) is 0 Å². The fraction of sp³-hybridized carbons (Fsp3) is 0.400. The Hall–Kier alpha value is -2.24. The van der Waals surface area contributed by atoms with Crippen molar-refractivity contribution in [2.75, 3.05) is 26.3 Å². The van der Waals surface area contributed by atoms with E-state index in [9.17, 15) is 13.2 Å². The maximum atomic E-state index is 13.7. The molecule has 0 saturated carbocycles. The Morgan fingerprint density at radius 3 is 2.35 bits per heavy atom. The third-order valence-corrected chi connectivity index (χ3v) is 9.07. The zero-order valence-corrected chi connectivity index (χ0v) is 21.5. The molecule has 182 valence electrons. The molecular weight excluding hydrogens is 497 g/mol. The summed E-state index contributed by atoms with van der Waals surface area (Å²) in [5, 5.41) is 0.944. The van der Waals surface area contributed by atoms with Crippen molar-refractivity contribution in [1.29, 1.82) is 0 Å². The first-order valence-electron chi connectivity index (χ1n) is 10.9. The number of rotatable bonds is 8. The fourth-order valence-electron chi connectivity index (χ4n) is 3.95. The van der Waals surface area contributed by atoms with Crippen molar-refractivity contribution < 1.29 is 22.7 Å². The number of halogens is 2. The van der Waals surface area contributed by atoms with E-state index in [-0.39, 0.29) is 31.0 Å². The Labute approximate surface area is 211 Å². The van der Waals surface area contributed by atoms with Crippen LogP contribution in [-0.4, -0.2) is 50.3 Å². The topological polar surface area (TPSA) is 72.9 Å². The molecule has 0 atom stereocenters. The van der Waals surface area contributed by atoms with Crippen LogP contribution in [0.1, 0.15) is 32.3 Å². The molecule has 1 fully saturated rings. The average Bonchev–Trinajstić information content (AvgIpc) is 2.82. The quantitative estimate of drug-likeness (QED) is 0.366. The number of sulfone groups is 1. The average molecular weight is 524 g/mol. The van der Waals surface area contributed by atoms with Gasteiger partial charge in [0.2, 0.25) is 0 Å². The van der Waals surface area contributed by atoms with Crippen LogP contribution in [0.5, 0.6) is 5.75 Å². The first kappa shape index (κ1) is 26.4. The van der Waals surface area contributed by atoms with E-state index in [1.54, 1.807) is 38.1 Å². The molecule has 0 bridgehead atoms. The van der Waals surface area contributed by atoms with E-state index in [0.29, 0.717) is 35.4 Å². The van der Waals surface area contributed by atoms with E-state index in [1.165, 1.54) is 12.1 Å². The number of piperidine rings is 1. The molecule has 2 aromatic carbocycles. The number of nitrogens with zero attached hydrogens (tertiary/aromatic N) is 1. The minimum Gasteiger partial charge on any atom is -0.481 e. The van der Waals surface area contributed by atoms with Gasteiger partial charge in [0.25, 0.3) is 0 Å². The molecule has 1 aliphatic heterocycles. The lowest BCUT2D eigenvalue weighted by Crippen LogP contribution is -2.54. The highest BCUT2D eigenvalue weighted by atomic mass is 35.5. The number of hydrogen-bond acceptors (Lipinski definition) is 6. The summed E-state index contributed by atoms with van der Waals surface area (Å²) in [4.78, 5) is 15.2. The first-order chi connectivity index (χ1) is 16.2. The smallest absolute Gasteiger partial charge is 0.327 e. The maximum Gasteiger partial charge on any atom is 0.327 e. The number of benzene rings is 2. The van der Waals surface area contributed by atoms with Crippen molar-refractivity contribution in [1.82, 2.24) is 4.90 Å². The zero-order chi connectivity index (χ0) is 24.8. The molecule has 0 aromatic heterocycles. The summed E-state index contributed by atoms with van der Waals surface area (Å²) in [6.07, 6.45) is 0.250. The molecule has 1 heterocycles. The monoisotopic (exact) mass is 523 g/mol. The number of carbonyl (C=O) groups is 1. The third-order valence-electron chi connectivity index (χ3n) is 5.84. The van der Waals surface area contributed by atoms with E-state index < -0.39 is 20.6 Å². The van der Waals surface area contributed by atoms with Crippen LogP contribution in [-0.2, 0) is 25.9 Å². The molecule has 3 rings (SSSR count). The largest absolute Gasteiger partial charge is 0.481 e. The highest BCUT2D eigenvalue weighted by Gasteiger charge is 2.54. The summed E-state index contributed by atoms with van der Waals surface area (Å²) in [6.45, 7) is 5.10. The Balaban J connectivity index is 1.81. The van der Waals surface area contributed by atoms with Crippen molar-refractivity contribution >= 4 is 39.0 Å². The first-order valence-corrected chi connectivity index (χ1v) is 13.2. The van der Waals surface area contributed by atoms with Gasteiger partial charge in [-0.2, -0.15) is 0 Å². The highest BCUT2D eigenvalue weighted by Crippen LogP contribution is 2.38. The SMILES string of the molecule is CC#CCOc1ccc(S(=O)(=O)C2(C(=O)OCC)CCN(Cc3ccc(Cl)c(Cl)c3)CC2)cc1. The molecule has 0 amide bonds. The van der Waals surface area contributed by atoms with Crippen LogP contribution in [0.15, 0.2) is 47.4 Å². The summed E-state index contributed by atoms with van der Waals surface area (Å²) < 4.78 is 36.5. The molecule has 6 nitrogen and oxygen atoms in total. The molecule has 9 heteroatoms. The van der Waals surface area contributed by atoms with Gasteiger partial charge in [0.05, 0.1) is 21.5 Å². The summed E-state index contributed by atoms with van der Waals surface area (Å²) in [5.41, 5.74) is 0.962. The molecule has 0 radical (unpaired) electrons. The summed E-state index contributed by atoms with van der Waals surface area (Å²) >= 11 is 12.1. The van der Waals surface area contributed by atoms with Gasteiger partial charge < -0.3 is 9.47 Å². The molecule has 1 aliphatic rings. The van der Waals surface area contributed by atoms with Gasteiger partial charge in [0, 0.05) is 19.6 Å². The van der Waals surface area contributed by atoms with Crippen molar-refractivity contribution in [3.8, 4) is 17.6 Å². The maximum absolute atomic E-state index is 13.7. The summed E-state index contributed by atoms with van der Waals surface area (Å²) in [6, 6.07) is 11.5. The Kier molecular flexibility index (Phi) is 8.89. The Morgan fingerprint density at radius 2 is 1.76 bits per heavy atom. The molecule has 0 N–H and O–H groups in total. The number of hydrogen-bond donors (Lipinski definition) is 0. The standard InChI is InChI=1S/C25H27Cl2NO5S/c1-3-5-16-33-20-7-9-21(10-8-20)34(30,31)25(24(29)32-4-2)12-14-28(15-13-25)18-19-6-11-22(26)23(27)17-19/h6-11,17H,4,12-16,18H2,1-2H3. The minimum atomic E-state index is -4.02. The van der Waals surface area contributed by atoms with E-state index in [4.69, 9.17) is 32.7 Å². The third kappa shape index (κ3) is 5.69. The Bertz CT molecular complexity index is 1180. The fourth-order valence-corrected chi connectivity index (χ4v) is 6.21. The number of likely N-dealkylation sites (tertiary alicyclic amines) is 1. The van der Waals surface area contributed by atoms with Crippen LogP contribution in [0.25, 0.3) is 0 Å². The van der Waals surface area contributed by atoms with Crippen LogP contribution >= 0.6 is 23.2 Å². The van der Waals surface area contributed by atoms with E-state index in [1.807, 2.05) is 6.07 Å². The predicted molar refractivity (Wildman–Crippen MR) is 133 cm³/mol. The van der Waals surface area contributed by atoms with Gasteiger partial charge in [-0.3, -0.25) is 9.69 Å². The molecule has 0 aliphatic carbocycles. The lowest BCUT2D eigenvalue weighted by atomic mass is 9.95. The van der Waals surface area contributed by atoms with Crippen LogP contribution in [0.2, 0.25) is 10.0 Å². The van der Waals surface area contributed by atoms with Gasteiger partial charge in [-0.05, 0) is 68.7 Å². The van der Waals surface area contributed by atoms with Crippen molar-refractivity contribution in [2.45, 2.75) is 42.9 Å². The molecule has 34 heavy (non-hydrogen) atoms. The lowest BCUT2D eigenvalue weighted by molar-refractivity contribution is -0.147. The predicted octanol–water partition coefficient (Wildman–Crippen LogP) is 4.77. The van der Waals surface area contributed by atoms with Crippen LogP contribution in [0.4, 0.5) is 0 Å². The highest BCUT2D eigenvalue weighted by molar-refractivity contribution is 7.93. The van der Waals surface area contributed by atoms with Gasteiger partial charge in [-0.25, -0.2) is 8.42 Å². The molecule has 0 spiro atoms. The number of ether oxygens (including phenoxy) is 2. The minimum absolute atomic E-state index is 0.0624.